The lowest BCUT2D eigenvalue weighted by Gasteiger charge is -2.15. The summed E-state index contributed by atoms with van der Waals surface area (Å²) in [5, 5.41) is 6.81. The predicted molar refractivity (Wildman–Crippen MR) is 87.3 cm³/mol. The van der Waals surface area contributed by atoms with Crippen LogP contribution in [-0.4, -0.2) is 40.6 Å². The number of aromatic nitrogens is 2. The number of rotatable bonds is 5. The Morgan fingerprint density at radius 3 is 3.09 bits per heavy atom. The predicted octanol–water partition coefficient (Wildman–Crippen LogP) is 2.37. The van der Waals surface area contributed by atoms with Crippen molar-refractivity contribution in [3.05, 3.63) is 41.5 Å². The largest absolute Gasteiger partial charge is 0.339 e. The van der Waals surface area contributed by atoms with Crippen LogP contribution in [0.2, 0.25) is 0 Å². The minimum absolute atomic E-state index is 0.0145. The van der Waals surface area contributed by atoms with Crippen molar-refractivity contribution in [2.45, 2.75) is 32.6 Å². The van der Waals surface area contributed by atoms with Crippen molar-refractivity contribution >= 4 is 11.6 Å². The van der Waals surface area contributed by atoms with Crippen LogP contribution in [0.4, 0.5) is 5.69 Å². The van der Waals surface area contributed by atoms with Crippen LogP contribution in [0.3, 0.4) is 0 Å². The van der Waals surface area contributed by atoms with Crippen LogP contribution in [0, 0.1) is 6.92 Å². The molecule has 1 aliphatic rings. The van der Waals surface area contributed by atoms with Gasteiger partial charge in [-0.3, -0.25) is 9.69 Å². The summed E-state index contributed by atoms with van der Waals surface area (Å²) in [6, 6.07) is 7.97. The Kier molecular flexibility index (Phi) is 4.71. The Labute approximate surface area is 135 Å². The number of aryl methyl sites for hydroxylation is 2. The molecular weight excluding hydrogens is 292 g/mol. The topological polar surface area (TPSA) is 71.3 Å². The lowest BCUT2D eigenvalue weighted by molar-refractivity contribution is -0.117. The van der Waals surface area contributed by atoms with Crippen LogP contribution in [0.1, 0.15) is 36.5 Å². The first kappa shape index (κ1) is 15.7. The van der Waals surface area contributed by atoms with Gasteiger partial charge in [0.15, 0.2) is 5.82 Å². The number of anilines is 1. The van der Waals surface area contributed by atoms with Gasteiger partial charge in [-0.25, -0.2) is 0 Å². The number of benzene rings is 1. The van der Waals surface area contributed by atoms with E-state index in [1.54, 1.807) is 0 Å². The molecule has 1 aromatic heterocycles. The first-order valence-corrected chi connectivity index (χ1v) is 8.05. The summed E-state index contributed by atoms with van der Waals surface area (Å²) in [5.74, 6) is 1.58. The lowest BCUT2D eigenvalue weighted by Crippen LogP contribution is -2.31. The van der Waals surface area contributed by atoms with E-state index in [0.717, 1.165) is 31.6 Å². The number of nitrogens with zero attached hydrogens (tertiary/aromatic N) is 3. The Morgan fingerprint density at radius 1 is 1.48 bits per heavy atom. The number of hydrogen-bond acceptors (Lipinski definition) is 5. The van der Waals surface area contributed by atoms with E-state index < -0.39 is 0 Å². The molecule has 1 amide bonds. The van der Waals surface area contributed by atoms with Crippen LogP contribution in [0.5, 0.6) is 0 Å². The van der Waals surface area contributed by atoms with Crippen LogP contribution >= 0.6 is 0 Å². The van der Waals surface area contributed by atoms with Crippen molar-refractivity contribution in [2.75, 3.05) is 25.0 Å². The van der Waals surface area contributed by atoms with Gasteiger partial charge in [-0.05, 0) is 44.0 Å². The van der Waals surface area contributed by atoms with Gasteiger partial charge in [0, 0.05) is 12.2 Å². The molecule has 2 heterocycles. The number of carbonyl (C=O) groups is 1. The van der Waals surface area contributed by atoms with Gasteiger partial charge < -0.3 is 9.84 Å². The molecule has 0 bridgehead atoms. The van der Waals surface area contributed by atoms with Crippen molar-refractivity contribution in [1.29, 1.82) is 0 Å². The fourth-order valence-corrected chi connectivity index (χ4v) is 2.93. The maximum absolute atomic E-state index is 12.2. The van der Waals surface area contributed by atoms with Crippen molar-refractivity contribution in [1.82, 2.24) is 15.0 Å². The van der Waals surface area contributed by atoms with Crippen molar-refractivity contribution in [3.63, 3.8) is 0 Å². The third kappa shape index (κ3) is 3.96. The first-order chi connectivity index (χ1) is 11.1. The van der Waals surface area contributed by atoms with Gasteiger partial charge in [0.05, 0.1) is 12.5 Å². The monoisotopic (exact) mass is 314 g/mol. The SMILES string of the molecule is CCc1cccc(NC(=O)CN2CCC(c3nc(C)no3)C2)c1. The van der Waals surface area contributed by atoms with E-state index in [1.807, 2.05) is 25.1 Å². The van der Waals surface area contributed by atoms with Crippen LogP contribution in [0.25, 0.3) is 0 Å². The molecule has 0 radical (unpaired) electrons. The summed E-state index contributed by atoms with van der Waals surface area (Å²) in [4.78, 5) is 18.6. The average Bonchev–Trinajstić information content (AvgIpc) is 3.16. The molecule has 1 N–H and O–H groups in total. The van der Waals surface area contributed by atoms with Gasteiger partial charge in [-0.1, -0.05) is 24.2 Å². The summed E-state index contributed by atoms with van der Waals surface area (Å²) in [7, 11) is 0. The summed E-state index contributed by atoms with van der Waals surface area (Å²) in [5.41, 5.74) is 2.08. The highest BCUT2D eigenvalue weighted by atomic mass is 16.5. The van der Waals surface area contributed by atoms with E-state index in [4.69, 9.17) is 4.52 Å². The third-order valence-corrected chi connectivity index (χ3v) is 4.15. The molecule has 1 aliphatic heterocycles. The molecule has 1 atom stereocenters. The summed E-state index contributed by atoms with van der Waals surface area (Å²) < 4.78 is 5.23. The highest BCUT2D eigenvalue weighted by Crippen LogP contribution is 2.25. The molecule has 1 unspecified atom stereocenters. The highest BCUT2D eigenvalue weighted by Gasteiger charge is 2.29. The molecule has 0 spiro atoms. The van der Waals surface area contributed by atoms with E-state index in [9.17, 15) is 4.79 Å². The van der Waals surface area contributed by atoms with Gasteiger partial charge in [-0.15, -0.1) is 0 Å². The molecule has 23 heavy (non-hydrogen) atoms. The summed E-state index contributed by atoms with van der Waals surface area (Å²) in [6.45, 7) is 5.96. The number of hydrogen-bond donors (Lipinski definition) is 1. The number of amides is 1. The Morgan fingerprint density at radius 2 is 2.35 bits per heavy atom. The van der Waals surface area contributed by atoms with Crippen molar-refractivity contribution < 1.29 is 9.32 Å². The number of likely N-dealkylation sites (tertiary alicyclic amines) is 1. The molecule has 3 rings (SSSR count). The van der Waals surface area contributed by atoms with E-state index in [1.165, 1.54) is 5.56 Å². The fourth-order valence-electron chi connectivity index (χ4n) is 2.93. The molecule has 0 aliphatic carbocycles. The Bertz CT molecular complexity index is 683. The number of nitrogens with one attached hydrogen (secondary N) is 1. The van der Waals surface area contributed by atoms with Gasteiger partial charge in [0.2, 0.25) is 11.8 Å². The smallest absolute Gasteiger partial charge is 0.238 e. The quantitative estimate of drug-likeness (QED) is 0.917. The molecule has 6 heteroatoms. The molecule has 122 valence electrons. The minimum atomic E-state index is 0.0145. The zero-order valence-electron chi connectivity index (χ0n) is 13.6. The molecule has 0 saturated carbocycles. The van der Waals surface area contributed by atoms with Crippen molar-refractivity contribution in [2.24, 2.45) is 0 Å². The molecule has 1 fully saturated rings. The fraction of sp³-hybridized carbons (Fsp3) is 0.471. The van der Waals surface area contributed by atoms with E-state index in [-0.39, 0.29) is 11.8 Å². The molecule has 1 saturated heterocycles. The zero-order chi connectivity index (χ0) is 16.2. The minimum Gasteiger partial charge on any atom is -0.339 e. The molecule has 6 nitrogen and oxygen atoms in total. The number of carbonyl (C=O) groups excluding carboxylic acids is 1. The lowest BCUT2D eigenvalue weighted by atomic mass is 10.1. The highest BCUT2D eigenvalue weighted by molar-refractivity contribution is 5.92. The normalized spacial score (nSPS) is 18.3. The van der Waals surface area contributed by atoms with E-state index in [2.05, 4.69) is 33.3 Å². The second-order valence-electron chi connectivity index (χ2n) is 6.00. The molecular formula is C17H22N4O2. The van der Waals surface area contributed by atoms with Crippen LogP contribution in [0.15, 0.2) is 28.8 Å². The first-order valence-electron chi connectivity index (χ1n) is 8.05. The summed E-state index contributed by atoms with van der Waals surface area (Å²) >= 11 is 0. The van der Waals surface area contributed by atoms with Gasteiger partial charge in [-0.2, -0.15) is 4.98 Å². The van der Waals surface area contributed by atoms with E-state index in [0.29, 0.717) is 18.3 Å². The standard InChI is InChI=1S/C17H22N4O2/c1-3-13-5-4-6-15(9-13)19-16(22)11-21-8-7-14(10-21)17-18-12(2)20-23-17/h4-6,9,14H,3,7-8,10-11H2,1-2H3,(H,19,22). The third-order valence-electron chi connectivity index (χ3n) is 4.15. The average molecular weight is 314 g/mol. The maximum atomic E-state index is 12.2. The Hall–Kier alpha value is -2.21. The van der Waals surface area contributed by atoms with Gasteiger partial charge in [0.25, 0.3) is 0 Å². The van der Waals surface area contributed by atoms with E-state index >= 15 is 0 Å². The second kappa shape index (κ2) is 6.91. The summed E-state index contributed by atoms with van der Waals surface area (Å²) in [6.07, 6.45) is 1.90. The van der Waals surface area contributed by atoms with Crippen LogP contribution < -0.4 is 5.32 Å². The Balaban J connectivity index is 1.52. The molecule has 1 aromatic carbocycles. The van der Waals surface area contributed by atoms with Gasteiger partial charge >= 0.3 is 0 Å². The molecule has 2 aromatic rings. The van der Waals surface area contributed by atoms with Gasteiger partial charge in [0.1, 0.15) is 0 Å². The zero-order valence-corrected chi connectivity index (χ0v) is 13.6. The maximum Gasteiger partial charge on any atom is 0.238 e. The van der Waals surface area contributed by atoms with Crippen molar-refractivity contribution in [3.8, 4) is 0 Å². The van der Waals surface area contributed by atoms with Crippen LogP contribution in [-0.2, 0) is 11.2 Å². The second-order valence-corrected chi connectivity index (χ2v) is 6.00.